The number of nitrogens with zero attached hydrogens (tertiary/aromatic N) is 1. The highest BCUT2D eigenvalue weighted by Crippen LogP contribution is 2.33. The number of nitrogens with one attached hydrogen (secondary N) is 1. The van der Waals surface area contributed by atoms with Crippen molar-refractivity contribution in [2.45, 2.75) is 19.8 Å². The summed E-state index contributed by atoms with van der Waals surface area (Å²) in [5, 5.41) is 0.0658. The minimum absolute atomic E-state index is 0.0658. The van der Waals surface area contributed by atoms with Gasteiger partial charge in [-0.05, 0) is 34.5 Å². The van der Waals surface area contributed by atoms with Gasteiger partial charge in [0.1, 0.15) is 4.64 Å². The van der Waals surface area contributed by atoms with Crippen molar-refractivity contribution in [3.8, 4) is 11.3 Å². The van der Waals surface area contributed by atoms with Crippen molar-refractivity contribution >= 4 is 39.7 Å². The van der Waals surface area contributed by atoms with Crippen molar-refractivity contribution in [2.75, 3.05) is 0 Å². The fourth-order valence-corrected chi connectivity index (χ4v) is 2.60. The molecule has 0 saturated carbocycles. The molecule has 1 N–H and O–H groups in total. The molecular formula is C13H11BrClFN2S. The van der Waals surface area contributed by atoms with Crippen LogP contribution in [0, 0.1) is 10.5 Å². The normalized spacial score (nSPS) is 10.7. The molecular weight excluding hydrogens is 351 g/mol. The molecule has 6 heteroatoms. The van der Waals surface area contributed by atoms with E-state index < -0.39 is 5.82 Å². The summed E-state index contributed by atoms with van der Waals surface area (Å²) in [6.07, 6.45) is 3.12. The summed E-state index contributed by atoms with van der Waals surface area (Å²) in [6, 6.07) is 3.39. The maximum Gasteiger partial charge on any atom is 0.152 e. The molecule has 100 valence electrons. The molecule has 0 aliphatic carbocycles. The molecule has 0 bridgehead atoms. The van der Waals surface area contributed by atoms with Crippen LogP contribution in [0.4, 0.5) is 4.39 Å². The van der Waals surface area contributed by atoms with Crippen LogP contribution in [-0.2, 0) is 6.42 Å². The number of aromatic amines is 1. The molecule has 0 spiro atoms. The summed E-state index contributed by atoms with van der Waals surface area (Å²) >= 11 is 14.3. The molecule has 2 rings (SSSR count). The van der Waals surface area contributed by atoms with E-state index >= 15 is 0 Å². The molecule has 0 aliphatic heterocycles. The Morgan fingerprint density at radius 1 is 1.47 bits per heavy atom. The Morgan fingerprint density at radius 3 is 2.89 bits per heavy atom. The Bertz CT molecular complexity index is 672. The number of hydrogen-bond acceptors (Lipinski definition) is 2. The van der Waals surface area contributed by atoms with Gasteiger partial charge in [-0.3, -0.25) is 0 Å². The first-order valence-electron chi connectivity index (χ1n) is 5.76. The number of rotatable bonds is 3. The van der Waals surface area contributed by atoms with Crippen molar-refractivity contribution in [1.29, 1.82) is 0 Å². The minimum Gasteiger partial charge on any atom is -0.345 e. The van der Waals surface area contributed by atoms with Gasteiger partial charge in [0.25, 0.3) is 0 Å². The van der Waals surface area contributed by atoms with Gasteiger partial charge in [0.15, 0.2) is 5.82 Å². The first-order chi connectivity index (χ1) is 9.06. The molecule has 1 aromatic carbocycles. The summed E-state index contributed by atoms with van der Waals surface area (Å²) in [5.41, 5.74) is 1.90. The van der Waals surface area contributed by atoms with Crippen LogP contribution in [0.5, 0.6) is 0 Å². The van der Waals surface area contributed by atoms with Crippen LogP contribution in [0.1, 0.15) is 18.9 Å². The molecule has 1 heterocycles. The largest absolute Gasteiger partial charge is 0.345 e. The van der Waals surface area contributed by atoms with Crippen molar-refractivity contribution in [3.63, 3.8) is 0 Å². The lowest BCUT2D eigenvalue weighted by Crippen LogP contribution is -1.99. The van der Waals surface area contributed by atoms with Gasteiger partial charge in [0.2, 0.25) is 0 Å². The van der Waals surface area contributed by atoms with Crippen molar-refractivity contribution in [3.05, 3.63) is 44.0 Å². The maximum absolute atomic E-state index is 14.3. The van der Waals surface area contributed by atoms with E-state index in [0.717, 1.165) is 18.4 Å². The number of halogens is 3. The van der Waals surface area contributed by atoms with Crippen LogP contribution in [0.2, 0.25) is 5.02 Å². The molecule has 0 unspecified atom stereocenters. The molecule has 19 heavy (non-hydrogen) atoms. The zero-order valence-electron chi connectivity index (χ0n) is 10.1. The van der Waals surface area contributed by atoms with Gasteiger partial charge < -0.3 is 4.98 Å². The van der Waals surface area contributed by atoms with Gasteiger partial charge >= 0.3 is 0 Å². The lowest BCUT2D eigenvalue weighted by Gasteiger charge is -2.11. The van der Waals surface area contributed by atoms with Gasteiger partial charge in [-0.1, -0.05) is 37.2 Å². The quantitative estimate of drug-likeness (QED) is 0.592. The molecule has 0 fully saturated rings. The average molecular weight is 362 g/mol. The van der Waals surface area contributed by atoms with E-state index in [-0.39, 0.29) is 5.02 Å². The Hall–Kier alpha value is -0.780. The Morgan fingerprint density at radius 2 is 2.21 bits per heavy atom. The van der Waals surface area contributed by atoms with Crippen molar-refractivity contribution in [2.24, 2.45) is 0 Å². The first-order valence-corrected chi connectivity index (χ1v) is 7.34. The summed E-state index contributed by atoms with van der Waals surface area (Å²) in [7, 11) is 0. The Kier molecular flexibility index (Phi) is 4.71. The third kappa shape index (κ3) is 2.88. The fraction of sp³-hybridized carbons (Fsp3) is 0.231. The van der Waals surface area contributed by atoms with Crippen LogP contribution in [-0.4, -0.2) is 9.97 Å². The minimum atomic E-state index is -0.467. The second-order valence-electron chi connectivity index (χ2n) is 4.03. The summed E-state index contributed by atoms with van der Waals surface area (Å²) < 4.78 is 15.3. The highest BCUT2D eigenvalue weighted by atomic mass is 79.9. The molecule has 0 radical (unpaired) electrons. The molecule has 0 saturated heterocycles. The maximum atomic E-state index is 14.3. The number of aromatic nitrogens is 2. The Balaban J connectivity index is 2.69. The van der Waals surface area contributed by atoms with E-state index in [4.69, 9.17) is 23.8 Å². The van der Waals surface area contributed by atoms with Gasteiger partial charge in [0, 0.05) is 15.6 Å². The summed E-state index contributed by atoms with van der Waals surface area (Å²) in [4.78, 5) is 7.02. The van der Waals surface area contributed by atoms with E-state index in [2.05, 4.69) is 25.9 Å². The highest BCUT2D eigenvalue weighted by molar-refractivity contribution is 9.10. The van der Waals surface area contributed by atoms with Crippen molar-refractivity contribution < 1.29 is 4.39 Å². The zero-order chi connectivity index (χ0) is 14.0. The van der Waals surface area contributed by atoms with Gasteiger partial charge in [-0.15, -0.1) is 0 Å². The molecule has 0 atom stereocenters. The summed E-state index contributed by atoms with van der Waals surface area (Å²) in [6.45, 7) is 2.04. The van der Waals surface area contributed by atoms with E-state index in [1.54, 1.807) is 12.1 Å². The first kappa shape index (κ1) is 14.6. The molecule has 1 aromatic heterocycles. The Labute approximate surface area is 129 Å². The lowest BCUT2D eigenvalue weighted by atomic mass is 10.0. The van der Waals surface area contributed by atoms with Crippen LogP contribution in [0.25, 0.3) is 11.3 Å². The SMILES string of the molecule is CCCc1c(-c2ccc(Br)c(Cl)c2F)[nH]cnc1=S. The second-order valence-corrected chi connectivity index (χ2v) is 5.65. The molecule has 0 aliphatic rings. The number of H-pyrrole nitrogens is 1. The number of hydrogen-bond donors (Lipinski definition) is 1. The third-order valence-corrected chi connectivity index (χ3v) is 4.37. The standard InChI is InChI=1S/C13H11BrClFN2S/c1-2-3-8-12(17-6-18-13(8)19)7-4-5-9(14)10(15)11(7)16/h4-6H,2-3H2,1H3,(H,17,18,19). The highest BCUT2D eigenvalue weighted by Gasteiger charge is 2.15. The second kappa shape index (κ2) is 6.11. The third-order valence-electron chi connectivity index (χ3n) is 2.76. The smallest absolute Gasteiger partial charge is 0.152 e. The monoisotopic (exact) mass is 360 g/mol. The van der Waals surface area contributed by atoms with Crippen molar-refractivity contribution in [1.82, 2.24) is 9.97 Å². The van der Waals surface area contributed by atoms with Crippen LogP contribution in [0.3, 0.4) is 0 Å². The average Bonchev–Trinajstić information content (AvgIpc) is 2.39. The van der Waals surface area contributed by atoms with E-state index in [0.29, 0.717) is 20.4 Å². The van der Waals surface area contributed by atoms with Gasteiger partial charge in [-0.2, -0.15) is 0 Å². The van der Waals surface area contributed by atoms with Crippen LogP contribution >= 0.6 is 39.7 Å². The van der Waals surface area contributed by atoms with Gasteiger partial charge in [0.05, 0.1) is 17.0 Å². The summed E-state index contributed by atoms with van der Waals surface area (Å²) in [5.74, 6) is -0.467. The van der Waals surface area contributed by atoms with E-state index in [1.807, 2.05) is 6.92 Å². The van der Waals surface area contributed by atoms with E-state index in [1.165, 1.54) is 6.33 Å². The molecule has 0 amide bonds. The predicted molar refractivity (Wildman–Crippen MR) is 81.5 cm³/mol. The van der Waals surface area contributed by atoms with Crippen LogP contribution < -0.4 is 0 Å². The predicted octanol–water partition coefficient (Wildman–Crippen LogP) is 5.31. The molecule has 2 nitrogen and oxygen atoms in total. The van der Waals surface area contributed by atoms with Gasteiger partial charge in [-0.25, -0.2) is 9.37 Å². The zero-order valence-corrected chi connectivity index (χ0v) is 13.3. The molecule has 2 aromatic rings. The number of benzene rings is 1. The fourth-order valence-electron chi connectivity index (χ4n) is 1.87. The van der Waals surface area contributed by atoms with Crippen LogP contribution in [0.15, 0.2) is 22.9 Å². The van der Waals surface area contributed by atoms with E-state index in [9.17, 15) is 4.39 Å². The topological polar surface area (TPSA) is 28.7 Å². The lowest BCUT2D eigenvalue weighted by molar-refractivity contribution is 0.630.